The molecule has 0 aromatic rings. The maximum atomic E-state index is 9.69. The van der Waals surface area contributed by atoms with Crippen LogP contribution in [0.3, 0.4) is 0 Å². The Morgan fingerprint density at radius 3 is 2.80 bits per heavy atom. The molecule has 15 heavy (non-hydrogen) atoms. The van der Waals surface area contributed by atoms with Crippen molar-refractivity contribution >= 4 is 0 Å². The highest BCUT2D eigenvalue weighted by molar-refractivity contribution is 4.90. The number of hydrogen-bond acceptors (Lipinski definition) is 4. The first kappa shape index (κ1) is 11.3. The minimum Gasteiger partial charge on any atom is -0.388 e. The van der Waals surface area contributed by atoms with Gasteiger partial charge in [-0.05, 0) is 12.8 Å². The summed E-state index contributed by atoms with van der Waals surface area (Å²) in [5, 5.41) is 9.69. The predicted molar refractivity (Wildman–Crippen MR) is 54.4 cm³/mol. The Morgan fingerprint density at radius 1 is 1.40 bits per heavy atom. The highest BCUT2D eigenvalue weighted by atomic mass is 16.7. The number of fused-ring (bicyclic) bond motifs is 1. The average Bonchev–Trinajstić information content (AvgIpc) is 2.46. The van der Waals surface area contributed by atoms with Crippen LogP contribution in [0.15, 0.2) is 0 Å². The number of aliphatic hydroxyl groups is 1. The molecule has 4 heteroatoms. The zero-order chi connectivity index (χ0) is 11.1. The number of rotatable bonds is 2. The molecule has 88 valence electrons. The van der Waals surface area contributed by atoms with Crippen molar-refractivity contribution in [3.63, 3.8) is 0 Å². The lowest BCUT2D eigenvalue weighted by Gasteiger charge is -2.41. The van der Waals surface area contributed by atoms with Crippen LogP contribution in [0.5, 0.6) is 0 Å². The summed E-state index contributed by atoms with van der Waals surface area (Å²) in [5.41, 5.74) is 0. The van der Waals surface area contributed by atoms with Gasteiger partial charge in [0.15, 0.2) is 5.79 Å². The monoisotopic (exact) mass is 216 g/mol. The third-order valence-corrected chi connectivity index (χ3v) is 2.94. The lowest BCUT2D eigenvalue weighted by atomic mass is 10.0. The van der Waals surface area contributed by atoms with Gasteiger partial charge in [-0.1, -0.05) is 13.8 Å². The molecule has 0 amide bonds. The van der Waals surface area contributed by atoms with E-state index in [1.807, 2.05) is 6.92 Å². The summed E-state index contributed by atoms with van der Waals surface area (Å²) in [7, 11) is 0. The van der Waals surface area contributed by atoms with Crippen molar-refractivity contribution in [3.05, 3.63) is 0 Å². The molecule has 0 radical (unpaired) electrons. The number of hydrogen-bond donors (Lipinski definition) is 1. The Bertz CT molecular complexity index is 231. The molecule has 2 saturated heterocycles. The minimum absolute atomic E-state index is 0.0970. The van der Waals surface area contributed by atoms with Crippen molar-refractivity contribution in [2.45, 2.75) is 51.3 Å². The Kier molecular flexibility index (Phi) is 3.03. The summed E-state index contributed by atoms with van der Waals surface area (Å²) in [4.78, 5) is 0. The van der Waals surface area contributed by atoms with Gasteiger partial charge in [0.2, 0.25) is 0 Å². The molecular weight excluding hydrogens is 196 g/mol. The van der Waals surface area contributed by atoms with Crippen molar-refractivity contribution in [1.82, 2.24) is 0 Å². The van der Waals surface area contributed by atoms with Gasteiger partial charge in [0.25, 0.3) is 0 Å². The predicted octanol–water partition coefficient (Wildman–Crippen LogP) is 0.924. The second-order valence-electron chi connectivity index (χ2n) is 5.06. The molecule has 2 aliphatic rings. The maximum absolute atomic E-state index is 9.69. The molecule has 2 fully saturated rings. The van der Waals surface area contributed by atoms with Gasteiger partial charge in [0.05, 0.1) is 13.2 Å². The molecule has 4 atom stereocenters. The van der Waals surface area contributed by atoms with E-state index in [0.29, 0.717) is 19.1 Å². The zero-order valence-corrected chi connectivity index (χ0v) is 9.60. The summed E-state index contributed by atoms with van der Waals surface area (Å²) in [5.74, 6) is -0.0599. The van der Waals surface area contributed by atoms with Gasteiger partial charge in [-0.25, -0.2) is 0 Å². The maximum Gasteiger partial charge on any atom is 0.166 e. The van der Waals surface area contributed by atoms with E-state index >= 15 is 0 Å². The largest absolute Gasteiger partial charge is 0.388 e. The topological polar surface area (TPSA) is 47.9 Å². The van der Waals surface area contributed by atoms with E-state index in [1.54, 1.807) is 0 Å². The lowest BCUT2D eigenvalue weighted by Crippen LogP contribution is -2.51. The SMILES string of the molecule is CC(C)C[C@@]1(C)OC[C@H]2OC[C@H](O)[C@H]2O1. The quantitative estimate of drug-likeness (QED) is 0.745. The van der Waals surface area contributed by atoms with E-state index in [-0.39, 0.29) is 12.2 Å². The lowest BCUT2D eigenvalue weighted by molar-refractivity contribution is -0.314. The second kappa shape index (κ2) is 4.01. The molecule has 2 aliphatic heterocycles. The van der Waals surface area contributed by atoms with Crippen LogP contribution in [0.2, 0.25) is 0 Å². The van der Waals surface area contributed by atoms with Crippen molar-refractivity contribution in [2.24, 2.45) is 5.92 Å². The van der Waals surface area contributed by atoms with E-state index in [2.05, 4.69) is 13.8 Å². The van der Waals surface area contributed by atoms with Crippen LogP contribution < -0.4 is 0 Å². The normalized spacial score (nSPS) is 45.8. The van der Waals surface area contributed by atoms with E-state index in [1.165, 1.54) is 0 Å². The highest BCUT2D eigenvalue weighted by Crippen LogP contribution is 2.34. The van der Waals surface area contributed by atoms with Gasteiger partial charge in [-0.3, -0.25) is 0 Å². The molecule has 0 spiro atoms. The smallest absolute Gasteiger partial charge is 0.166 e. The first-order valence-corrected chi connectivity index (χ1v) is 5.61. The average molecular weight is 216 g/mol. The molecule has 0 aromatic carbocycles. The summed E-state index contributed by atoms with van der Waals surface area (Å²) < 4.78 is 16.9. The molecule has 0 aromatic heterocycles. The van der Waals surface area contributed by atoms with Crippen molar-refractivity contribution < 1.29 is 19.3 Å². The highest BCUT2D eigenvalue weighted by Gasteiger charge is 2.47. The molecule has 2 heterocycles. The molecular formula is C11H20O4. The minimum atomic E-state index is -0.565. The van der Waals surface area contributed by atoms with E-state index in [0.717, 1.165) is 6.42 Å². The van der Waals surface area contributed by atoms with Gasteiger partial charge in [0, 0.05) is 6.42 Å². The molecule has 1 N–H and O–H groups in total. The standard InChI is InChI=1S/C11H20O4/c1-7(2)4-11(3)14-6-9-10(15-11)8(12)5-13-9/h7-10,12H,4-6H2,1-3H3/t8-,9+,10+,11-/m0/s1. The van der Waals surface area contributed by atoms with Crippen LogP contribution >= 0.6 is 0 Å². The molecule has 0 bridgehead atoms. The van der Waals surface area contributed by atoms with Crippen molar-refractivity contribution in [1.29, 1.82) is 0 Å². The molecule has 2 rings (SSSR count). The fraction of sp³-hybridized carbons (Fsp3) is 1.00. The first-order valence-electron chi connectivity index (χ1n) is 5.61. The van der Waals surface area contributed by atoms with Crippen LogP contribution in [0, 0.1) is 5.92 Å². The Balaban J connectivity index is 2.00. The fourth-order valence-electron chi connectivity index (χ4n) is 2.39. The van der Waals surface area contributed by atoms with Crippen LogP contribution in [0.4, 0.5) is 0 Å². The van der Waals surface area contributed by atoms with Gasteiger partial charge in [-0.2, -0.15) is 0 Å². The van der Waals surface area contributed by atoms with Crippen LogP contribution in [-0.2, 0) is 14.2 Å². The van der Waals surface area contributed by atoms with E-state index in [9.17, 15) is 5.11 Å². The van der Waals surface area contributed by atoms with E-state index in [4.69, 9.17) is 14.2 Å². The van der Waals surface area contributed by atoms with Crippen molar-refractivity contribution in [3.8, 4) is 0 Å². The van der Waals surface area contributed by atoms with Crippen LogP contribution in [-0.4, -0.2) is 42.4 Å². The summed E-state index contributed by atoms with van der Waals surface area (Å²) >= 11 is 0. The molecule has 0 unspecified atom stereocenters. The summed E-state index contributed by atoms with van der Waals surface area (Å²) in [6.07, 6.45) is 0.0104. The number of ether oxygens (including phenoxy) is 3. The molecule has 0 aliphatic carbocycles. The summed E-state index contributed by atoms with van der Waals surface area (Å²) in [6, 6.07) is 0. The summed E-state index contributed by atoms with van der Waals surface area (Å²) in [6.45, 7) is 7.08. The van der Waals surface area contributed by atoms with Crippen LogP contribution in [0.1, 0.15) is 27.2 Å². The van der Waals surface area contributed by atoms with Crippen LogP contribution in [0.25, 0.3) is 0 Å². The first-order chi connectivity index (χ1) is 7.00. The Morgan fingerprint density at radius 2 is 2.13 bits per heavy atom. The third kappa shape index (κ3) is 2.33. The van der Waals surface area contributed by atoms with Gasteiger partial charge in [-0.15, -0.1) is 0 Å². The Labute approximate surface area is 90.5 Å². The van der Waals surface area contributed by atoms with Gasteiger partial charge >= 0.3 is 0 Å². The molecule has 4 nitrogen and oxygen atoms in total. The van der Waals surface area contributed by atoms with Gasteiger partial charge in [0.1, 0.15) is 18.3 Å². The zero-order valence-electron chi connectivity index (χ0n) is 9.60. The third-order valence-electron chi connectivity index (χ3n) is 2.94. The fourth-order valence-corrected chi connectivity index (χ4v) is 2.39. The van der Waals surface area contributed by atoms with Crippen molar-refractivity contribution in [2.75, 3.05) is 13.2 Å². The second-order valence-corrected chi connectivity index (χ2v) is 5.06. The van der Waals surface area contributed by atoms with Gasteiger partial charge < -0.3 is 19.3 Å². The van der Waals surface area contributed by atoms with E-state index < -0.39 is 11.9 Å². The molecule has 0 saturated carbocycles. The number of aliphatic hydroxyl groups excluding tert-OH is 1. The Hall–Kier alpha value is -0.160.